The summed E-state index contributed by atoms with van der Waals surface area (Å²) >= 11 is 0. The molecule has 0 aromatic carbocycles. The van der Waals surface area contributed by atoms with Gasteiger partial charge in [-0.15, -0.1) is 34.4 Å². The van der Waals surface area contributed by atoms with Crippen molar-refractivity contribution in [2.45, 2.75) is 191 Å². The Balaban J connectivity index is -0.0000000732. The third-order valence-corrected chi connectivity index (χ3v) is 7.99. The van der Waals surface area contributed by atoms with E-state index < -0.39 is 0 Å². The lowest BCUT2D eigenvalue weighted by Gasteiger charge is -1.93. The van der Waals surface area contributed by atoms with Crippen LogP contribution in [0.1, 0.15) is 191 Å². The fourth-order valence-electron chi connectivity index (χ4n) is 2.32. The van der Waals surface area contributed by atoms with Crippen LogP contribution in [0.5, 0.6) is 0 Å². The molecule has 0 saturated carbocycles. The van der Waals surface area contributed by atoms with E-state index >= 15 is 0 Å². The molecule has 222 valence electrons. The Hall–Kier alpha value is 1.72. The van der Waals surface area contributed by atoms with Gasteiger partial charge in [0, 0.05) is 0 Å². The summed E-state index contributed by atoms with van der Waals surface area (Å²) in [5.74, 6) is 0. The molecule has 0 fully saturated rings. The van der Waals surface area contributed by atoms with E-state index in [1.807, 2.05) is 0 Å². The van der Waals surface area contributed by atoms with Crippen molar-refractivity contribution in [2.24, 2.45) is 0 Å². The summed E-state index contributed by atoms with van der Waals surface area (Å²) < 4.78 is 0. The lowest BCUT2D eigenvalue weighted by atomic mass is 10.2. The van der Waals surface area contributed by atoms with Crippen LogP contribution in [0.15, 0.2) is 0 Å². The first-order valence-corrected chi connectivity index (χ1v) is 21.9. The molecule has 4 unspecified atom stereocenters. The molecule has 0 rings (SSSR count). The van der Waals surface area contributed by atoms with E-state index in [-0.39, 0.29) is 0 Å². The fourth-order valence-corrected chi connectivity index (χ4v) is 4.55. The number of unbranched alkanes of at least 4 members (excludes halogenated alkanes) is 13. The molecule has 0 amide bonds. The first-order valence-electron chi connectivity index (χ1n) is 15.9. The average Bonchev–Trinajstić information content (AvgIpc) is 2.88. The Morgan fingerprint density at radius 2 is 0.543 bits per heavy atom. The maximum atomic E-state index is 2.79. The van der Waals surface area contributed by atoms with Crippen LogP contribution >= 0.6 is 34.4 Å². The van der Waals surface area contributed by atoms with E-state index in [2.05, 4.69) is 87.1 Å². The Bertz CT molecular complexity index is 200. The Morgan fingerprint density at radius 3 is 0.714 bits per heavy atom. The molecular formula is C31H78P4. The highest BCUT2D eigenvalue weighted by atomic mass is 32.0. The molecule has 0 aliphatic heterocycles. The van der Waals surface area contributed by atoms with Crippen molar-refractivity contribution in [3.63, 3.8) is 0 Å². The minimum Gasteiger partial charge on any atom is -0.114 e. The number of hydrogen-bond donors (Lipinski definition) is 0. The van der Waals surface area contributed by atoms with Gasteiger partial charge in [-0.2, -0.15) is 0 Å². The Labute approximate surface area is 237 Å². The summed E-state index contributed by atoms with van der Waals surface area (Å²) in [7, 11) is 7.72. The molecule has 0 heterocycles. The zero-order valence-corrected chi connectivity index (χ0v) is 31.3. The molecule has 0 aromatic rings. The molecule has 0 saturated heterocycles. The van der Waals surface area contributed by atoms with Gasteiger partial charge < -0.3 is 0 Å². The van der Waals surface area contributed by atoms with Gasteiger partial charge in [0.05, 0.1) is 0 Å². The largest absolute Gasteiger partial charge is 0.114 e. The molecule has 0 aliphatic carbocycles. The summed E-state index contributed by atoms with van der Waals surface area (Å²) in [6.07, 6.45) is 29.0. The molecule has 0 bridgehead atoms. The first-order chi connectivity index (χ1) is 17.0. The molecule has 0 nitrogen and oxygen atoms in total. The highest BCUT2D eigenvalue weighted by Gasteiger charge is 1.83. The van der Waals surface area contributed by atoms with E-state index in [4.69, 9.17) is 0 Å². The van der Waals surface area contributed by atoms with Crippen LogP contribution in [-0.4, -0.2) is 12.3 Å². The van der Waals surface area contributed by atoms with Gasteiger partial charge in [-0.1, -0.05) is 178 Å². The van der Waals surface area contributed by atoms with Crippen LogP contribution in [0.2, 0.25) is 0 Å². The van der Waals surface area contributed by atoms with Crippen molar-refractivity contribution in [3.8, 4) is 0 Å². The summed E-state index contributed by atoms with van der Waals surface area (Å²) in [4.78, 5) is 0. The fraction of sp³-hybridized carbons (Fsp3) is 1.00. The van der Waals surface area contributed by atoms with Gasteiger partial charge in [-0.25, -0.2) is 0 Å². The second kappa shape index (κ2) is 70.5. The minimum absolute atomic E-state index is 1.08. The smallest absolute Gasteiger partial charge is 0.0319 e. The summed E-state index contributed by atoms with van der Waals surface area (Å²) in [5, 5.41) is 0. The molecule has 0 N–H and O–H groups in total. The minimum atomic E-state index is 1.08. The van der Waals surface area contributed by atoms with Crippen molar-refractivity contribution in [3.05, 3.63) is 0 Å². The van der Waals surface area contributed by atoms with Crippen molar-refractivity contribution in [2.75, 3.05) is 12.3 Å². The van der Waals surface area contributed by atoms with Crippen LogP contribution in [0.3, 0.4) is 0 Å². The van der Waals surface area contributed by atoms with E-state index in [0.29, 0.717) is 0 Å². The van der Waals surface area contributed by atoms with Crippen LogP contribution in [0.25, 0.3) is 0 Å². The van der Waals surface area contributed by atoms with Crippen LogP contribution < -0.4 is 0 Å². The monoisotopic (exact) mass is 575 g/mol. The molecule has 0 aromatic heterocycles. The highest BCUT2D eigenvalue weighted by molar-refractivity contribution is 8.03. The Morgan fingerprint density at radius 1 is 0.286 bits per heavy atom. The van der Waals surface area contributed by atoms with Gasteiger partial charge in [-0.3, -0.25) is 0 Å². The van der Waals surface area contributed by atoms with Gasteiger partial charge in [0.25, 0.3) is 0 Å². The van der Waals surface area contributed by atoms with E-state index in [9.17, 15) is 0 Å². The molecule has 0 radical (unpaired) electrons. The molecule has 0 aliphatic rings. The normalized spacial score (nSPS) is 9.60. The van der Waals surface area contributed by atoms with E-state index in [1.165, 1.54) is 134 Å². The third kappa shape index (κ3) is 116. The maximum Gasteiger partial charge on any atom is -0.0319 e. The second-order valence-corrected chi connectivity index (χ2v) is 13.4. The SMILES string of the molecule is CCCC.CCCCC.CCCCC.CCCCCCC.CCCCCCPP.CCCCPP. The van der Waals surface area contributed by atoms with Gasteiger partial charge in [0.1, 0.15) is 0 Å². The zero-order valence-electron chi connectivity index (χ0n) is 27.0. The number of hydrogen-bond acceptors (Lipinski definition) is 0. The van der Waals surface area contributed by atoms with Crippen LogP contribution in [0, 0.1) is 0 Å². The lowest BCUT2D eigenvalue weighted by molar-refractivity contribution is 0.656. The van der Waals surface area contributed by atoms with Gasteiger partial charge in [0.2, 0.25) is 0 Å². The average molecular weight is 575 g/mol. The number of rotatable bonds is 17. The first kappa shape index (κ1) is 49.6. The van der Waals surface area contributed by atoms with Crippen molar-refractivity contribution < 1.29 is 0 Å². The van der Waals surface area contributed by atoms with Crippen molar-refractivity contribution >= 4 is 34.4 Å². The Kier molecular flexibility index (Phi) is 100.0. The predicted molar refractivity (Wildman–Crippen MR) is 190 cm³/mol. The molecule has 4 atom stereocenters. The van der Waals surface area contributed by atoms with Gasteiger partial charge in [-0.05, 0) is 25.2 Å². The predicted octanol–water partition coefficient (Wildman–Crippen LogP) is 14.5. The third-order valence-electron chi connectivity index (χ3n) is 4.97. The molecular weight excluding hydrogens is 496 g/mol. The van der Waals surface area contributed by atoms with Crippen molar-refractivity contribution in [1.82, 2.24) is 0 Å². The second-order valence-electron chi connectivity index (χ2n) is 9.09. The summed E-state index contributed by atoms with van der Waals surface area (Å²) in [6.45, 7) is 22.2. The standard InChI is InChI=1S/C7H16.C6H16P2.2C5H12.C4H12P2.C4H10/c1-3-5-7-6-4-2;1-2-3-4-5-6-8-7;2*1-3-5-4-2;1-2-3-4-6-5;1-3-4-2/h3-7H2,1-2H3;8H,2-7H2,1H3;2*3-5H2,1-2H3;6H,2-5H2,1H3;3-4H2,1-2H3. The molecule has 4 heteroatoms. The van der Waals surface area contributed by atoms with Crippen LogP contribution in [-0.2, 0) is 0 Å². The highest BCUT2D eigenvalue weighted by Crippen LogP contribution is 2.21. The van der Waals surface area contributed by atoms with E-state index in [1.54, 1.807) is 0 Å². The molecule has 0 spiro atoms. The van der Waals surface area contributed by atoms with Gasteiger partial charge >= 0.3 is 0 Å². The van der Waals surface area contributed by atoms with Crippen molar-refractivity contribution in [1.29, 1.82) is 0 Å². The lowest BCUT2D eigenvalue weighted by Crippen LogP contribution is -1.75. The van der Waals surface area contributed by atoms with E-state index in [0.717, 1.165) is 16.5 Å². The summed E-state index contributed by atoms with van der Waals surface area (Å²) in [5.41, 5.74) is 0. The maximum absolute atomic E-state index is 2.79. The zero-order chi connectivity index (χ0) is 28.3. The topological polar surface area (TPSA) is 0 Å². The van der Waals surface area contributed by atoms with Gasteiger partial charge in [0.15, 0.2) is 0 Å². The quantitative estimate of drug-likeness (QED) is 0.120. The van der Waals surface area contributed by atoms with Crippen LogP contribution in [0.4, 0.5) is 0 Å². The summed E-state index contributed by atoms with van der Waals surface area (Å²) in [6, 6.07) is 0. The molecule has 35 heavy (non-hydrogen) atoms.